The molecule has 0 spiro atoms. The van der Waals surface area contributed by atoms with Crippen molar-refractivity contribution in [2.75, 3.05) is 0 Å². The molecule has 0 aromatic rings. The molecule has 0 saturated heterocycles. The number of carboxylic acid groups (broad SMARTS) is 1. The van der Waals surface area contributed by atoms with Gasteiger partial charge in [-0.25, -0.2) is 0 Å². The van der Waals surface area contributed by atoms with Crippen LogP contribution in [-0.4, -0.2) is 46.4 Å². The summed E-state index contributed by atoms with van der Waals surface area (Å²) in [5.74, 6) is 0.128. The maximum absolute atomic E-state index is 12.2. The van der Waals surface area contributed by atoms with Crippen molar-refractivity contribution >= 4 is 17.9 Å². The molecule has 0 heterocycles. The number of aliphatic hydroxyl groups is 1. The van der Waals surface area contributed by atoms with E-state index in [0.29, 0.717) is 12.8 Å². The first kappa shape index (κ1) is 26.4. The third-order valence-corrected chi connectivity index (χ3v) is 10.9. The summed E-state index contributed by atoms with van der Waals surface area (Å²) in [5, 5.41) is 20.9. The Kier molecular flexibility index (Phi) is 7.31. The van der Waals surface area contributed by atoms with Gasteiger partial charge in [0.25, 0.3) is 0 Å². The second kappa shape index (κ2) is 9.68. The number of hydrogen-bond acceptors (Lipinski definition) is 6. The minimum Gasteiger partial charge on any atom is -0.481 e. The monoisotopic (exact) mass is 492 g/mol. The van der Waals surface area contributed by atoms with Gasteiger partial charge in [0, 0.05) is 26.2 Å². The zero-order valence-electron chi connectivity index (χ0n) is 22.0. The van der Waals surface area contributed by atoms with Crippen molar-refractivity contribution in [3.63, 3.8) is 0 Å². The summed E-state index contributed by atoms with van der Waals surface area (Å²) in [7, 11) is 0. The summed E-state index contributed by atoms with van der Waals surface area (Å²) in [4.78, 5) is 35.0. The number of carbonyl (C=O) groups excluding carboxylic acids is 2. The van der Waals surface area contributed by atoms with Crippen molar-refractivity contribution in [3.8, 4) is 0 Å². The fraction of sp³-hybridized carbons (Fsp3) is 0.893. The predicted molar refractivity (Wildman–Crippen MR) is 129 cm³/mol. The number of carbonyl (C=O) groups is 3. The number of esters is 2. The van der Waals surface area contributed by atoms with Crippen LogP contribution in [-0.2, 0) is 23.9 Å². The maximum Gasteiger partial charge on any atom is 0.303 e. The standard InChI is InChI=1S/C28H44O7/c1-15(6-9-25(32)33)20-7-8-21-26-22(14-24(31)28(20,21)5)27(4)11-10-19(34-16(2)29)12-18(27)13-23(26)35-17(3)30/h15,18-24,26,31H,6-14H2,1-5H3,(H,32,33)/t15-,18+,19+,20+,21-,22-,23+,24+,26-,27-,28+/m0/s1. The molecular formula is C28H44O7. The van der Waals surface area contributed by atoms with Crippen LogP contribution in [0.25, 0.3) is 0 Å². The first-order valence-electron chi connectivity index (χ1n) is 13.6. The molecule has 7 nitrogen and oxygen atoms in total. The summed E-state index contributed by atoms with van der Waals surface area (Å²) in [6.45, 7) is 9.63. The van der Waals surface area contributed by atoms with E-state index in [4.69, 9.17) is 9.47 Å². The largest absolute Gasteiger partial charge is 0.481 e. The highest BCUT2D eigenvalue weighted by molar-refractivity contribution is 5.67. The molecule has 4 aliphatic carbocycles. The summed E-state index contributed by atoms with van der Waals surface area (Å²) in [6.07, 6.45) is 5.99. The van der Waals surface area contributed by atoms with E-state index in [1.807, 2.05) is 0 Å². The Morgan fingerprint density at radius 3 is 2.29 bits per heavy atom. The normalized spacial score (nSPS) is 45.4. The number of fused-ring (bicyclic) bond motifs is 5. The molecule has 2 N–H and O–H groups in total. The van der Waals surface area contributed by atoms with Crippen molar-refractivity contribution in [1.29, 1.82) is 0 Å². The van der Waals surface area contributed by atoms with Crippen LogP contribution in [0.3, 0.4) is 0 Å². The van der Waals surface area contributed by atoms with Crippen molar-refractivity contribution in [2.24, 2.45) is 46.3 Å². The van der Waals surface area contributed by atoms with Crippen molar-refractivity contribution in [1.82, 2.24) is 0 Å². The number of aliphatic hydroxyl groups excluding tert-OH is 1. The van der Waals surface area contributed by atoms with Crippen LogP contribution in [0.2, 0.25) is 0 Å². The van der Waals surface area contributed by atoms with Crippen LogP contribution in [0.15, 0.2) is 0 Å². The Morgan fingerprint density at radius 1 is 0.971 bits per heavy atom. The smallest absolute Gasteiger partial charge is 0.303 e. The van der Waals surface area contributed by atoms with E-state index >= 15 is 0 Å². The third kappa shape index (κ3) is 4.62. The lowest BCUT2D eigenvalue weighted by Crippen LogP contribution is -2.63. The molecule has 0 aromatic heterocycles. The first-order valence-corrected chi connectivity index (χ1v) is 13.6. The van der Waals surface area contributed by atoms with Gasteiger partial charge < -0.3 is 19.7 Å². The van der Waals surface area contributed by atoms with Crippen LogP contribution < -0.4 is 0 Å². The molecule has 198 valence electrons. The summed E-state index contributed by atoms with van der Waals surface area (Å²) < 4.78 is 11.6. The highest BCUT2D eigenvalue weighted by atomic mass is 16.5. The molecule has 0 aliphatic heterocycles. The summed E-state index contributed by atoms with van der Waals surface area (Å²) >= 11 is 0. The number of aliphatic carboxylic acids is 1. The molecule has 0 radical (unpaired) electrons. The molecule has 4 rings (SSSR count). The molecule has 35 heavy (non-hydrogen) atoms. The Morgan fingerprint density at radius 2 is 1.66 bits per heavy atom. The Hall–Kier alpha value is -1.63. The molecule has 0 unspecified atom stereocenters. The summed E-state index contributed by atoms with van der Waals surface area (Å²) in [6, 6.07) is 0. The van der Waals surface area contributed by atoms with Crippen LogP contribution in [0, 0.1) is 46.3 Å². The first-order chi connectivity index (χ1) is 16.4. The van der Waals surface area contributed by atoms with Gasteiger partial charge >= 0.3 is 17.9 Å². The maximum atomic E-state index is 12.2. The van der Waals surface area contributed by atoms with Gasteiger partial charge in [0.1, 0.15) is 12.2 Å². The molecular weight excluding hydrogens is 448 g/mol. The second-order valence-corrected chi connectivity index (χ2v) is 12.6. The molecule has 11 atom stereocenters. The molecule has 7 heteroatoms. The SMILES string of the molecule is CC(=O)O[C@@H]1CC[C@@]2(C)[C@H](C1)C[C@@H](OC(C)=O)[C@@H]1[C@@H]2C[C@@H](O)[C@]2(C)[C@@H]([C@@H](C)CCC(=O)O)CC[C@@H]12. The van der Waals surface area contributed by atoms with Gasteiger partial charge in [0.15, 0.2) is 0 Å². The van der Waals surface area contributed by atoms with Crippen LogP contribution in [0.1, 0.15) is 92.4 Å². The Labute approximate surface area is 209 Å². The van der Waals surface area contributed by atoms with E-state index in [-0.39, 0.29) is 76.9 Å². The molecule has 0 amide bonds. The predicted octanol–water partition coefficient (Wildman–Crippen LogP) is 4.59. The van der Waals surface area contributed by atoms with Crippen molar-refractivity contribution < 1.29 is 34.1 Å². The highest BCUT2D eigenvalue weighted by Crippen LogP contribution is 2.68. The number of hydrogen-bond donors (Lipinski definition) is 2. The highest BCUT2D eigenvalue weighted by Gasteiger charge is 2.66. The van der Waals surface area contributed by atoms with Crippen LogP contribution >= 0.6 is 0 Å². The molecule has 4 saturated carbocycles. The lowest BCUT2D eigenvalue weighted by molar-refractivity contribution is -0.218. The van der Waals surface area contributed by atoms with Crippen LogP contribution in [0.4, 0.5) is 0 Å². The van der Waals surface area contributed by atoms with E-state index < -0.39 is 12.1 Å². The van der Waals surface area contributed by atoms with E-state index in [0.717, 1.165) is 38.5 Å². The third-order valence-electron chi connectivity index (χ3n) is 10.9. The minimum atomic E-state index is -0.772. The van der Waals surface area contributed by atoms with E-state index in [1.165, 1.54) is 13.8 Å². The fourth-order valence-electron chi connectivity index (χ4n) is 9.32. The zero-order valence-corrected chi connectivity index (χ0v) is 22.0. The quantitative estimate of drug-likeness (QED) is 0.522. The fourth-order valence-corrected chi connectivity index (χ4v) is 9.32. The number of carboxylic acids is 1. The van der Waals surface area contributed by atoms with Crippen LogP contribution in [0.5, 0.6) is 0 Å². The van der Waals surface area contributed by atoms with Crippen molar-refractivity contribution in [3.05, 3.63) is 0 Å². The average molecular weight is 493 g/mol. The van der Waals surface area contributed by atoms with Gasteiger partial charge in [-0.3, -0.25) is 14.4 Å². The van der Waals surface area contributed by atoms with E-state index in [2.05, 4.69) is 20.8 Å². The van der Waals surface area contributed by atoms with Gasteiger partial charge in [-0.2, -0.15) is 0 Å². The lowest BCUT2D eigenvalue weighted by atomic mass is 9.43. The molecule has 0 aromatic carbocycles. The minimum absolute atomic E-state index is 0.00723. The van der Waals surface area contributed by atoms with Gasteiger partial charge in [0.05, 0.1) is 6.10 Å². The number of ether oxygens (including phenoxy) is 2. The zero-order chi connectivity index (χ0) is 25.7. The number of rotatable bonds is 6. The second-order valence-electron chi connectivity index (χ2n) is 12.6. The Balaban J connectivity index is 1.64. The van der Waals surface area contributed by atoms with E-state index in [9.17, 15) is 24.6 Å². The Bertz CT molecular complexity index is 841. The molecule has 0 bridgehead atoms. The van der Waals surface area contributed by atoms with E-state index in [1.54, 1.807) is 0 Å². The lowest BCUT2D eigenvalue weighted by Gasteiger charge is -2.64. The van der Waals surface area contributed by atoms with Gasteiger partial charge in [0.2, 0.25) is 0 Å². The molecule has 4 fully saturated rings. The molecule has 4 aliphatic rings. The topological polar surface area (TPSA) is 110 Å². The van der Waals surface area contributed by atoms with Gasteiger partial charge in [-0.05, 0) is 91.8 Å². The van der Waals surface area contributed by atoms with Gasteiger partial charge in [-0.1, -0.05) is 20.8 Å². The average Bonchev–Trinajstić information content (AvgIpc) is 3.11. The van der Waals surface area contributed by atoms with Crippen molar-refractivity contribution in [2.45, 2.75) is 111 Å². The van der Waals surface area contributed by atoms with Gasteiger partial charge in [-0.15, -0.1) is 0 Å². The summed E-state index contributed by atoms with van der Waals surface area (Å²) in [5.41, 5.74) is -0.303.